The van der Waals surface area contributed by atoms with Crippen LogP contribution in [0.4, 0.5) is 0 Å². The van der Waals surface area contributed by atoms with Gasteiger partial charge in [-0.05, 0) is 45.1 Å². The largest absolute Gasteiger partial charge is 0.389 e. The van der Waals surface area contributed by atoms with Gasteiger partial charge < -0.3 is 10.4 Å². The number of rotatable bonds is 5. The zero-order chi connectivity index (χ0) is 12.5. The van der Waals surface area contributed by atoms with E-state index < -0.39 is 5.60 Å². The van der Waals surface area contributed by atoms with Crippen molar-refractivity contribution in [2.75, 3.05) is 6.54 Å². The Labute approximate surface area is 104 Å². The minimum Gasteiger partial charge on any atom is -0.389 e. The van der Waals surface area contributed by atoms with Crippen LogP contribution < -0.4 is 5.32 Å². The molecule has 0 aromatic heterocycles. The Kier molecular flexibility index (Phi) is 3.55. The second-order valence-electron chi connectivity index (χ2n) is 5.92. The molecule has 1 aromatic rings. The standard InChI is InChI=1S/C15H23NO/c1-11-4-6-12(7-5-11)14(13-8-9-13)16-10-15(2,3)17/h4-7,13-14,16-17H,8-10H2,1-3H3. The van der Waals surface area contributed by atoms with E-state index in [1.165, 1.54) is 24.0 Å². The lowest BCUT2D eigenvalue weighted by Gasteiger charge is -2.24. The van der Waals surface area contributed by atoms with Crippen molar-refractivity contribution in [3.05, 3.63) is 35.4 Å². The monoisotopic (exact) mass is 233 g/mol. The molecule has 17 heavy (non-hydrogen) atoms. The van der Waals surface area contributed by atoms with Crippen LogP contribution >= 0.6 is 0 Å². The molecule has 2 nitrogen and oxygen atoms in total. The molecule has 1 aromatic carbocycles. The van der Waals surface area contributed by atoms with Crippen LogP contribution in [-0.4, -0.2) is 17.3 Å². The molecular formula is C15H23NO. The molecular weight excluding hydrogens is 210 g/mol. The maximum Gasteiger partial charge on any atom is 0.0715 e. The summed E-state index contributed by atoms with van der Waals surface area (Å²) >= 11 is 0. The van der Waals surface area contributed by atoms with Crippen molar-refractivity contribution in [3.8, 4) is 0 Å². The summed E-state index contributed by atoms with van der Waals surface area (Å²) < 4.78 is 0. The second kappa shape index (κ2) is 4.79. The Bertz CT molecular complexity index is 360. The van der Waals surface area contributed by atoms with Gasteiger partial charge >= 0.3 is 0 Å². The first-order chi connectivity index (χ1) is 7.96. The molecule has 1 unspecified atom stereocenters. The van der Waals surface area contributed by atoms with Gasteiger partial charge in [0.15, 0.2) is 0 Å². The fourth-order valence-electron chi connectivity index (χ4n) is 2.12. The second-order valence-corrected chi connectivity index (χ2v) is 5.92. The van der Waals surface area contributed by atoms with E-state index in [4.69, 9.17) is 0 Å². The number of nitrogens with one attached hydrogen (secondary N) is 1. The number of benzene rings is 1. The lowest BCUT2D eigenvalue weighted by molar-refractivity contribution is 0.0754. The SMILES string of the molecule is Cc1ccc(C(NCC(C)(C)O)C2CC2)cc1. The van der Waals surface area contributed by atoms with Gasteiger partial charge in [0, 0.05) is 12.6 Å². The van der Waals surface area contributed by atoms with Crippen LogP contribution in [0.25, 0.3) is 0 Å². The van der Waals surface area contributed by atoms with E-state index in [-0.39, 0.29) is 0 Å². The van der Waals surface area contributed by atoms with Crippen LogP contribution in [0.15, 0.2) is 24.3 Å². The minimum atomic E-state index is -0.641. The normalized spacial score (nSPS) is 18.1. The Balaban J connectivity index is 2.04. The summed E-state index contributed by atoms with van der Waals surface area (Å²) in [4.78, 5) is 0. The molecule has 0 heterocycles. The van der Waals surface area contributed by atoms with Gasteiger partial charge in [-0.2, -0.15) is 0 Å². The van der Waals surface area contributed by atoms with Crippen molar-refractivity contribution in [2.45, 2.75) is 45.3 Å². The summed E-state index contributed by atoms with van der Waals surface area (Å²) in [5, 5.41) is 13.3. The molecule has 0 saturated heterocycles. The first-order valence-electron chi connectivity index (χ1n) is 6.48. The molecule has 0 amide bonds. The zero-order valence-electron chi connectivity index (χ0n) is 11.0. The van der Waals surface area contributed by atoms with Crippen LogP contribution in [0.1, 0.15) is 43.9 Å². The van der Waals surface area contributed by atoms with Crippen molar-refractivity contribution < 1.29 is 5.11 Å². The highest BCUT2D eigenvalue weighted by atomic mass is 16.3. The number of aliphatic hydroxyl groups is 1. The van der Waals surface area contributed by atoms with E-state index >= 15 is 0 Å². The van der Waals surface area contributed by atoms with Crippen LogP contribution in [0.2, 0.25) is 0 Å². The fraction of sp³-hybridized carbons (Fsp3) is 0.600. The molecule has 1 fully saturated rings. The maximum atomic E-state index is 9.80. The topological polar surface area (TPSA) is 32.3 Å². The molecule has 94 valence electrons. The average molecular weight is 233 g/mol. The summed E-state index contributed by atoms with van der Waals surface area (Å²) in [6.45, 7) is 6.44. The van der Waals surface area contributed by atoms with E-state index in [1.807, 2.05) is 13.8 Å². The van der Waals surface area contributed by atoms with Gasteiger partial charge in [0.1, 0.15) is 0 Å². The molecule has 0 bridgehead atoms. The third kappa shape index (κ3) is 3.83. The molecule has 1 aliphatic rings. The molecule has 1 saturated carbocycles. The molecule has 2 rings (SSSR count). The third-order valence-electron chi connectivity index (χ3n) is 3.28. The van der Waals surface area contributed by atoms with Crippen LogP contribution in [-0.2, 0) is 0 Å². The fourth-order valence-corrected chi connectivity index (χ4v) is 2.12. The smallest absolute Gasteiger partial charge is 0.0715 e. The quantitative estimate of drug-likeness (QED) is 0.819. The summed E-state index contributed by atoms with van der Waals surface area (Å²) in [6.07, 6.45) is 2.61. The average Bonchev–Trinajstić information content (AvgIpc) is 3.03. The predicted molar refractivity (Wildman–Crippen MR) is 70.9 cm³/mol. The first kappa shape index (κ1) is 12.6. The molecule has 0 spiro atoms. The number of hydrogen-bond donors (Lipinski definition) is 2. The Morgan fingerprint density at radius 1 is 1.29 bits per heavy atom. The van der Waals surface area contributed by atoms with Gasteiger partial charge in [-0.3, -0.25) is 0 Å². The van der Waals surface area contributed by atoms with Crippen molar-refractivity contribution >= 4 is 0 Å². The molecule has 0 radical (unpaired) electrons. The van der Waals surface area contributed by atoms with E-state index in [9.17, 15) is 5.11 Å². The summed E-state index contributed by atoms with van der Waals surface area (Å²) in [5.74, 6) is 0.750. The lowest BCUT2D eigenvalue weighted by Crippen LogP contribution is -2.37. The molecule has 2 heteroatoms. The predicted octanol–water partition coefficient (Wildman–Crippen LogP) is 2.81. The van der Waals surface area contributed by atoms with Gasteiger partial charge in [0.2, 0.25) is 0 Å². The van der Waals surface area contributed by atoms with E-state index in [0.717, 1.165) is 5.92 Å². The highest BCUT2D eigenvalue weighted by molar-refractivity contribution is 5.25. The van der Waals surface area contributed by atoms with E-state index in [0.29, 0.717) is 12.6 Å². The summed E-state index contributed by atoms with van der Waals surface area (Å²) in [6, 6.07) is 9.14. The highest BCUT2D eigenvalue weighted by Gasteiger charge is 2.32. The number of aryl methyl sites for hydroxylation is 1. The van der Waals surface area contributed by atoms with Gasteiger partial charge in [0.25, 0.3) is 0 Å². The van der Waals surface area contributed by atoms with Crippen molar-refractivity contribution in [2.24, 2.45) is 5.92 Å². The van der Waals surface area contributed by atoms with Gasteiger partial charge in [-0.1, -0.05) is 29.8 Å². The molecule has 1 atom stereocenters. The summed E-state index contributed by atoms with van der Waals surface area (Å²) in [5.41, 5.74) is 2.01. The Morgan fingerprint density at radius 2 is 1.88 bits per heavy atom. The Hall–Kier alpha value is -0.860. The van der Waals surface area contributed by atoms with Crippen LogP contribution in [0, 0.1) is 12.8 Å². The summed E-state index contributed by atoms with van der Waals surface area (Å²) in [7, 11) is 0. The first-order valence-corrected chi connectivity index (χ1v) is 6.48. The van der Waals surface area contributed by atoms with Crippen molar-refractivity contribution in [3.63, 3.8) is 0 Å². The van der Waals surface area contributed by atoms with Gasteiger partial charge in [-0.15, -0.1) is 0 Å². The molecule has 1 aliphatic carbocycles. The lowest BCUT2D eigenvalue weighted by atomic mass is 10.00. The minimum absolute atomic E-state index is 0.405. The van der Waals surface area contributed by atoms with Crippen LogP contribution in [0.3, 0.4) is 0 Å². The van der Waals surface area contributed by atoms with E-state index in [1.54, 1.807) is 0 Å². The van der Waals surface area contributed by atoms with Crippen LogP contribution in [0.5, 0.6) is 0 Å². The van der Waals surface area contributed by atoms with Gasteiger partial charge in [0.05, 0.1) is 5.60 Å². The van der Waals surface area contributed by atoms with Crippen molar-refractivity contribution in [1.29, 1.82) is 0 Å². The highest BCUT2D eigenvalue weighted by Crippen LogP contribution is 2.41. The van der Waals surface area contributed by atoms with Gasteiger partial charge in [-0.25, -0.2) is 0 Å². The third-order valence-corrected chi connectivity index (χ3v) is 3.28. The molecule has 2 N–H and O–H groups in total. The van der Waals surface area contributed by atoms with Crippen molar-refractivity contribution in [1.82, 2.24) is 5.32 Å². The zero-order valence-corrected chi connectivity index (χ0v) is 11.0. The Morgan fingerprint density at radius 3 is 2.35 bits per heavy atom. The number of hydrogen-bond acceptors (Lipinski definition) is 2. The van der Waals surface area contributed by atoms with E-state index in [2.05, 4.69) is 36.5 Å². The maximum absolute atomic E-state index is 9.80. The molecule has 0 aliphatic heterocycles.